The number of carbonyl (C=O) groups excluding carboxylic acids is 1. The molecule has 0 saturated carbocycles. The van der Waals surface area contributed by atoms with Gasteiger partial charge in [-0.3, -0.25) is 9.78 Å². The Morgan fingerprint density at radius 1 is 1.33 bits per heavy atom. The van der Waals surface area contributed by atoms with Crippen molar-refractivity contribution in [3.05, 3.63) is 29.6 Å². The summed E-state index contributed by atoms with van der Waals surface area (Å²) in [6.45, 7) is 6.09. The molecule has 0 aliphatic rings. The maximum atomic E-state index is 12.1. The van der Waals surface area contributed by atoms with E-state index in [0.29, 0.717) is 13.0 Å². The highest BCUT2D eigenvalue weighted by atomic mass is 32.2. The molecular weight excluding hydrogens is 290 g/mol. The van der Waals surface area contributed by atoms with Crippen molar-refractivity contribution in [1.82, 2.24) is 15.0 Å². The zero-order valence-electron chi connectivity index (χ0n) is 12.9. The van der Waals surface area contributed by atoms with Gasteiger partial charge in [0.2, 0.25) is 15.9 Å². The minimum Gasteiger partial charge on any atom is -0.351 e. The van der Waals surface area contributed by atoms with E-state index in [1.807, 2.05) is 32.9 Å². The maximum absolute atomic E-state index is 12.1. The lowest BCUT2D eigenvalue weighted by Gasteiger charge is -2.19. The van der Waals surface area contributed by atoms with Gasteiger partial charge < -0.3 is 5.32 Å². The van der Waals surface area contributed by atoms with E-state index in [-0.39, 0.29) is 11.8 Å². The van der Waals surface area contributed by atoms with Gasteiger partial charge in [-0.15, -0.1) is 0 Å². The maximum Gasteiger partial charge on any atom is 0.238 e. The predicted molar refractivity (Wildman–Crippen MR) is 82.0 cm³/mol. The summed E-state index contributed by atoms with van der Waals surface area (Å²) in [4.78, 5) is 16.3. The second kappa shape index (κ2) is 7.51. The standard InChI is InChI=1S/C14H23N3O3S/c1-10(2)7-13(17-21(4,19)20)14(18)16-9-12-6-5-11(3)15-8-12/h5-6,8,10,13,17H,7,9H2,1-4H3,(H,16,18). The Balaban J connectivity index is 2.65. The Hall–Kier alpha value is -1.47. The third kappa shape index (κ3) is 7.19. The second-order valence-corrected chi connectivity index (χ2v) is 7.38. The Kier molecular flexibility index (Phi) is 6.29. The zero-order valence-corrected chi connectivity index (χ0v) is 13.7. The van der Waals surface area contributed by atoms with E-state index in [2.05, 4.69) is 15.0 Å². The third-order valence-corrected chi connectivity index (χ3v) is 3.53. The molecule has 0 saturated heterocycles. The first-order valence-electron chi connectivity index (χ1n) is 6.84. The smallest absolute Gasteiger partial charge is 0.238 e. The van der Waals surface area contributed by atoms with Gasteiger partial charge in [-0.05, 0) is 30.9 Å². The molecule has 1 heterocycles. The lowest BCUT2D eigenvalue weighted by Crippen LogP contribution is -2.46. The first-order valence-corrected chi connectivity index (χ1v) is 8.73. The SMILES string of the molecule is Cc1ccc(CNC(=O)C(CC(C)C)NS(C)(=O)=O)cn1. The van der Waals surface area contributed by atoms with Crippen LogP contribution in [0.5, 0.6) is 0 Å². The van der Waals surface area contributed by atoms with Gasteiger partial charge in [-0.2, -0.15) is 0 Å². The molecule has 118 valence electrons. The van der Waals surface area contributed by atoms with Gasteiger partial charge in [0.25, 0.3) is 0 Å². The largest absolute Gasteiger partial charge is 0.351 e. The van der Waals surface area contributed by atoms with E-state index in [4.69, 9.17) is 0 Å². The van der Waals surface area contributed by atoms with Crippen LogP contribution in [0.1, 0.15) is 31.5 Å². The molecule has 21 heavy (non-hydrogen) atoms. The topological polar surface area (TPSA) is 88.2 Å². The van der Waals surface area contributed by atoms with Crippen molar-refractivity contribution in [2.45, 2.75) is 39.8 Å². The van der Waals surface area contributed by atoms with Crippen LogP contribution in [-0.4, -0.2) is 31.6 Å². The molecule has 1 aromatic rings. The number of amides is 1. The van der Waals surface area contributed by atoms with Crippen LogP contribution < -0.4 is 10.0 Å². The summed E-state index contributed by atoms with van der Waals surface area (Å²) in [5.74, 6) is -0.120. The minimum absolute atomic E-state index is 0.205. The first-order chi connectivity index (χ1) is 9.67. The molecule has 6 nitrogen and oxygen atoms in total. The molecule has 1 amide bonds. The van der Waals surface area contributed by atoms with Crippen LogP contribution in [0.4, 0.5) is 0 Å². The van der Waals surface area contributed by atoms with Crippen LogP contribution >= 0.6 is 0 Å². The molecule has 0 spiro atoms. The van der Waals surface area contributed by atoms with E-state index in [9.17, 15) is 13.2 Å². The van der Waals surface area contributed by atoms with Crippen molar-refractivity contribution < 1.29 is 13.2 Å². The number of nitrogens with one attached hydrogen (secondary N) is 2. The second-order valence-electron chi connectivity index (χ2n) is 5.60. The molecule has 1 unspecified atom stereocenters. The number of nitrogens with zero attached hydrogens (tertiary/aromatic N) is 1. The molecule has 0 fully saturated rings. The molecule has 1 atom stereocenters. The molecule has 1 aromatic heterocycles. The van der Waals surface area contributed by atoms with Gasteiger partial charge in [0.15, 0.2) is 0 Å². The molecular formula is C14H23N3O3S. The average Bonchev–Trinajstić information content (AvgIpc) is 2.34. The lowest BCUT2D eigenvalue weighted by molar-refractivity contribution is -0.123. The van der Waals surface area contributed by atoms with Crippen LogP contribution in [0, 0.1) is 12.8 Å². The molecule has 0 aliphatic heterocycles. The van der Waals surface area contributed by atoms with Gasteiger partial charge in [0.05, 0.1) is 6.26 Å². The molecule has 2 N–H and O–H groups in total. The number of pyridine rings is 1. The van der Waals surface area contributed by atoms with Crippen LogP contribution in [0.25, 0.3) is 0 Å². The number of rotatable bonds is 7. The van der Waals surface area contributed by atoms with Crippen LogP contribution in [0.15, 0.2) is 18.3 Å². The van der Waals surface area contributed by atoms with Crippen LogP contribution in [0.2, 0.25) is 0 Å². The fraction of sp³-hybridized carbons (Fsp3) is 0.571. The number of aromatic nitrogens is 1. The predicted octanol–water partition coefficient (Wildman–Crippen LogP) is 0.970. The highest BCUT2D eigenvalue weighted by Gasteiger charge is 2.22. The van der Waals surface area contributed by atoms with E-state index < -0.39 is 16.1 Å². The van der Waals surface area contributed by atoms with Crippen molar-refractivity contribution in [1.29, 1.82) is 0 Å². The fourth-order valence-electron chi connectivity index (χ4n) is 1.85. The summed E-state index contributed by atoms with van der Waals surface area (Å²) in [6.07, 6.45) is 3.19. The molecule has 0 radical (unpaired) electrons. The minimum atomic E-state index is -3.43. The zero-order chi connectivity index (χ0) is 16.0. The van der Waals surface area contributed by atoms with Crippen molar-refractivity contribution in [2.24, 2.45) is 5.92 Å². The van der Waals surface area contributed by atoms with E-state index in [1.54, 1.807) is 6.20 Å². The lowest BCUT2D eigenvalue weighted by atomic mass is 10.0. The summed E-state index contributed by atoms with van der Waals surface area (Å²) in [6, 6.07) is 2.99. The molecule has 7 heteroatoms. The van der Waals surface area contributed by atoms with Gasteiger partial charge >= 0.3 is 0 Å². The van der Waals surface area contributed by atoms with Gasteiger partial charge in [-0.1, -0.05) is 19.9 Å². The highest BCUT2D eigenvalue weighted by molar-refractivity contribution is 7.88. The van der Waals surface area contributed by atoms with Crippen molar-refractivity contribution in [3.8, 4) is 0 Å². The average molecular weight is 313 g/mol. The molecule has 0 aromatic carbocycles. The number of hydrogen-bond acceptors (Lipinski definition) is 4. The summed E-state index contributed by atoms with van der Waals surface area (Å²) >= 11 is 0. The summed E-state index contributed by atoms with van der Waals surface area (Å²) in [7, 11) is -3.43. The van der Waals surface area contributed by atoms with Gasteiger partial charge in [0.1, 0.15) is 6.04 Å². The quantitative estimate of drug-likeness (QED) is 0.785. The Morgan fingerprint density at radius 3 is 2.48 bits per heavy atom. The van der Waals surface area contributed by atoms with Crippen molar-refractivity contribution in [3.63, 3.8) is 0 Å². The van der Waals surface area contributed by atoms with E-state index >= 15 is 0 Å². The third-order valence-electron chi connectivity index (χ3n) is 2.82. The van der Waals surface area contributed by atoms with Gasteiger partial charge in [-0.25, -0.2) is 13.1 Å². The Bertz CT molecular complexity index is 568. The van der Waals surface area contributed by atoms with Gasteiger partial charge in [0, 0.05) is 18.4 Å². The molecule has 0 aliphatic carbocycles. The summed E-state index contributed by atoms with van der Waals surface area (Å²) in [5, 5.41) is 2.74. The number of aryl methyl sites for hydroxylation is 1. The van der Waals surface area contributed by atoms with E-state index in [0.717, 1.165) is 17.5 Å². The van der Waals surface area contributed by atoms with Crippen LogP contribution in [-0.2, 0) is 21.4 Å². The fourth-order valence-corrected chi connectivity index (χ4v) is 2.57. The molecule has 0 bridgehead atoms. The molecule has 1 rings (SSSR count). The van der Waals surface area contributed by atoms with E-state index in [1.165, 1.54) is 0 Å². The summed E-state index contributed by atoms with van der Waals surface area (Å²) < 4.78 is 25.1. The highest BCUT2D eigenvalue weighted by Crippen LogP contribution is 2.07. The number of hydrogen-bond donors (Lipinski definition) is 2. The normalized spacial score (nSPS) is 13.2. The number of carbonyl (C=O) groups is 1. The Labute approximate surface area is 126 Å². The summed E-state index contributed by atoms with van der Waals surface area (Å²) in [5.41, 5.74) is 1.78. The first kappa shape index (κ1) is 17.6. The van der Waals surface area contributed by atoms with Crippen LogP contribution in [0.3, 0.4) is 0 Å². The monoisotopic (exact) mass is 313 g/mol. The Morgan fingerprint density at radius 2 is 2.00 bits per heavy atom. The number of sulfonamides is 1. The van der Waals surface area contributed by atoms with Crippen molar-refractivity contribution in [2.75, 3.05) is 6.26 Å². The van der Waals surface area contributed by atoms with Crippen molar-refractivity contribution >= 4 is 15.9 Å².